The Kier molecular flexibility index (Phi) is 5.68. The summed E-state index contributed by atoms with van der Waals surface area (Å²) in [6.07, 6.45) is 3.21. The zero-order chi connectivity index (χ0) is 24.5. The summed E-state index contributed by atoms with van der Waals surface area (Å²) in [5, 5.41) is 20.5. The van der Waals surface area contributed by atoms with Crippen molar-refractivity contribution in [2.24, 2.45) is 7.05 Å². The van der Waals surface area contributed by atoms with E-state index in [2.05, 4.69) is 30.5 Å². The molecule has 1 fully saturated rings. The summed E-state index contributed by atoms with van der Waals surface area (Å²) in [5.41, 5.74) is 3.13. The highest BCUT2D eigenvalue weighted by Gasteiger charge is 2.31. The number of aryl methyl sites for hydroxylation is 2. The first-order valence-corrected chi connectivity index (χ1v) is 10.7. The van der Waals surface area contributed by atoms with Crippen LogP contribution >= 0.6 is 0 Å². The van der Waals surface area contributed by atoms with Gasteiger partial charge in [-0.25, -0.2) is 9.97 Å². The molecule has 1 amide bonds. The van der Waals surface area contributed by atoms with E-state index in [1.165, 1.54) is 6.20 Å². The van der Waals surface area contributed by atoms with Gasteiger partial charge in [0.1, 0.15) is 17.3 Å². The molecule has 5 heterocycles. The number of amides is 1. The first-order chi connectivity index (χ1) is 16.9. The molecular weight excluding hydrogens is 450 g/mol. The molecule has 1 aliphatic heterocycles. The SMILES string of the molecule is COC1CN(C(=O)c2ccc(Nc3cc(Oc4cnc(C#N)cc4C)nc4c3ncn4C)nn2)C1. The van der Waals surface area contributed by atoms with E-state index in [1.54, 1.807) is 47.2 Å². The molecule has 1 aliphatic rings. The number of likely N-dealkylation sites (tertiary alicyclic amines) is 1. The standard InChI is InChI=1S/C23H21N9O3/c1-13-6-14(8-24)25-9-18(13)35-20-7-17(21-22(28-20)31(2)12-26-21)27-19-5-4-16(29-30-19)23(33)32-10-15(11-32)34-3/h4-7,9,12,15H,10-11H2,1-3H3,(H,27,28,30). The smallest absolute Gasteiger partial charge is 0.274 e. The molecule has 0 aliphatic carbocycles. The van der Waals surface area contributed by atoms with Crippen molar-refractivity contribution in [3.63, 3.8) is 0 Å². The number of nitrogens with zero attached hydrogens (tertiary/aromatic N) is 8. The zero-order valence-corrected chi connectivity index (χ0v) is 19.3. The lowest BCUT2D eigenvalue weighted by atomic mass is 10.1. The Hall–Kier alpha value is -4.63. The van der Waals surface area contributed by atoms with Crippen molar-refractivity contribution in [3.05, 3.63) is 53.7 Å². The second kappa shape index (κ2) is 8.96. The number of nitrogens with one attached hydrogen (secondary N) is 1. The van der Waals surface area contributed by atoms with Crippen LogP contribution in [0.3, 0.4) is 0 Å². The molecule has 0 unspecified atom stereocenters. The molecule has 0 saturated carbocycles. The number of aromatic nitrogens is 6. The third-order valence-electron chi connectivity index (χ3n) is 5.65. The summed E-state index contributed by atoms with van der Waals surface area (Å²) in [7, 11) is 3.46. The summed E-state index contributed by atoms with van der Waals surface area (Å²) in [6.45, 7) is 2.92. The lowest BCUT2D eigenvalue weighted by molar-refractivity contribution is -0.0195. The number of imidazole rings is 1. The Labute approximate surface area is 200 Å². The van der Waals surface area contributed by atoms with E-state index in [-0.39, 0.29) is 17.7 Å². The number of fused-ring (bicyclic) bond motifs is 1. The van der Waals surface area contributed by atoms with Gasteiger partial charge in [-0.3, -0.25) is 4.79 Å². The number of methoxy groups -OCH3 is 1. The van der Waals surface area contributed by atoms with Gasteiger partial charge in [0, 0.05) is 33.3 Å². The molecule has 1 saturated heterocycles. The van der Waals surface area contributed by atoms with Gasteiger partial charge in [-0.1, -0.05) is 0 Å². The Bertz CT molecular complexity index is 1450. The molecule has 0 bridgehead atoms. The second-order valence-corrected chi connectivity index (χ2v) is 8.08. The molecule has 176 valence electrons. The van der Waals surface area contributed by atoms with E-state index in [4.69, 9.17) is 14.7 Å². The van der Waals surface area contributed by atoms with Crippen LogP contribution in [0.15, 0.2) is 36.8 Å². The van der Waals surface area contributed by atoms with E-state index >= 15 is 0 Å². The van der Waals surface area contributed by atoms with Crippen LogP contribution < -0.4 is 10.1 Å². The first-order valence-electron chi connectivity index (χ1n) is 10.7. The van der Waals surface area contributed by atoms with Gasteiger partial charge in [0.15, 0.2) is 22.9 Å². The number of rotatable bonds is 6. The van der Waals surface area contributed by atoms with E-state index in [0.717, 1.165) is 5.56 Å². The number of carbonyl (C=O) groups is 1. The van der Waals surface area contributed by atoms with Crippen LogP contribution in [0.25, 0.3) is 11.2 Å². The number of anilines is 2. The van der Waals surface area contributed by atoms with Gasteiger partial charge in [-0.15, -0.1) is 10.2 Å². The molecular formula is C23H21N9O3. The maximum Gasteiger partial charge on any atom is 0.274 e. The average molecular weight is 471 g/mol. The van der Waals surface area contributed by atoms with Crippen LogP contribution in [0.5, 0.6) is 11.6 Å². The molecule has 0 radical (unpaired) electrons. The molecule has 1 N–H and O–H groups in total. The fourth-order valence-electron chi connectivity index (χ4n) is 3.61. The highest BCUT2D eigenvalue weighted by atomic mass is 16.5. The molecule has 4 aromatic rings. The molecule has 0 aromatic carbocycles. The van der Waals surface area contributed by atoms with Crippen molar-refractivity contribution in [2.75, 3.05) is 25.5 Å². The van der Waals surface area contributed by atoms with Crippen LogP contribution in [-0.4, -0.2) is 66.8 Å². The molecule has 5 rings (SSSR count). The minimum Gasteiger partial charge on any atom is -0.437 e. The Morgan fingerprint density at radius 3 is 2.74 bits per heavy atom. The van der Waals surface area contributed by atoms with Crippen LogP contribution in [0.1, 0.15) is 21.7 Å². The molecule has 0 atom stereocenters. The third-order valence-corrected chi connectivity index (χ3v) is 5.65. The Morgan fingerprint density at radius 2 is 2.06 bits per heavy atom. The number of ether oxygens (including phenoxy) is 2. The van der Waals surface area contributed by atoms with Crippen LogP contribution in [0, 0.1) is 18.3 Å². The van der Waals surface area contributed by atoms with Gasteiger partial charge in [0.25, 0.3) is 5.91 Å². The fraction of sp³-hybridized carbons (Fsp3) is 0.261. The second-order valence-electron chi connectivity index (χ2n) is 8.08. The van der Waals surface area contributed by atoms with E-state index in [0.29, 0.717) is 53.1 Å². The van der Waals surface area contributed by atoms with E-state index in [1.807, 2.05) is 20.0 Å². The molecule has 0 spiro atoms. The topological polar surface area (TPSA) is 144 Å². The molecule has 35 heavy (non-hydrogen) atoms. The van der Waals surface area contributed by atoms with Gasteiger partial charge in [-0.2, -0.15) is 10.2 Å². The zero-order valence-electron chi connectivity index (χ0n) is 19.3. The normalized spacial score (nSPS) is 13.4. The summed E-state index contributed by atoms with van der Waals surface area (Å²) < 4.78 is 13.0. The lowest BCUT2D eigenvalue weighted by Gasteiger charge is -2.37. The van der Waals surface area contributed by atoms with Gasteiger partial charge in [-0.05, 0) is 30.7 Å². The van der Waals surface area contributed by atoms with Crippen LogP contribution in [-0.2, 0) is 11.8 Å². The number of nitriles is 1. The highest BCUT2D eigenvalue weighted by Crippen LogP contribution is 2.31. The van der Waals surface area contributed by atoms with E-state index in [9.17, 15) is 4.79 Å². The third kappa shape index (κ3) is 4.32. The minimum absolute atomic E-state index is 0.0700. The van der Waals surface area contributed by atoms with Crippen LogP contribution in [0.2, 0.25) is 0 Å². The maximum atomic E-state index is 12.5. The monoisotopic (exact) mass is 471 g/mol. The van der Waals surface area contributed by atoms with Gasteiger partial charge in [0.2, 0.25) is 5.88 Å². The van der Waals surface area contributed by atoms with Crippen molar-refractivity contribution in [1.82, 2.24) is 34.6 Å². The van der Waals surface area contributed by atoms with Crippen molar-refractivity contribution >= 4 is 28.6 Å². The largest absolute Gasteiger partial charge is 0.437 e. The Morgan fingerprint density at radius 1 is 1.23 bits per heavy atom. The Balaban J connectivity index is 1.39. The minimum atomic E-state index is -0.185. The van der Waals surface area contributed by atoms with Crippen molar-refractivity contribution in [3.8, 4) is 17.7 Å². The van der Waals surface area contributed by atoms with Gasteiger partial charge >= 0.3 is 0 Å². The summed E-state index contributed by atoms with van der Waals surface area (Å²) >= 11 is 0. The predicted octanol–water partition coefficient (Wildman–Crippen LogP) is 2.34. The summed E-state index contributed by atoms with van der Waals surface area (Å²) in [5.74, 6) is 1.03. The van der Waals surface area contributed by atoms with Gasteiger partial charge < -0.3 is 24.3 Å². The molecule has 4 aromatic heterocycles. The number of hydrogen-bond acceptors (Lipinski definition) is 10. The van der Waals surface area contributed by atoms with Crippen LogP contribution in [0.4, 0.5) is 11.5 Å². The number of carbonyl (C=O) groups excluding carboxylic acids is 1. The predicted molar refractivity (Wildman–Crippen MR) is 124 cm³/mol. The van der Waals surface area contributed by atoms with Crippen molar-refractivity contribution in [2.45, 2.75) is 13.0 Å². The quantitative estimate of drug-likeness (QED) is 0.445. The number of hydrogen-bond donors (Lipinski definition) is 1. The molecule has 12 heteroatoms. The lowest BCUT2D eigenvalue weighted by Crippen LogP contribution is -2.54. The molecule has 12 nitrogen and oxygen atoms in total. The highest BCUT2D eigenvalue weighted by molar-refractivity contribution is 5.93. The van der Waals surface area contributed by atoms with Crippen molar-refractivity contribution < 1.29 is 14.3 Å². The van der Waals surface area contributed by atoms with Crippen molar-refractivity contribution in [1.29, 1.82) is 5.26 Å². The summed E-state index contributed by atoms with van der Waals surface area (Å²) in [4.78, 5) is 27.2. The fourth-order valence-corrected chi connectivity index (χ4v) is 3.61. The average Bonchev–Trinajstić information content (AvgIpc) is 3.21. The van der Waals surface area contributed by atoms with E-state index < -0.39 is 0 Å². The first kappa shape index (κ1) is 22.2. The maximum absolute atomic E-state index is 12.5. The number of pyridine rings is 2. The van der Waals surface area contributed by atoms with Gasteiger partial charge in [0.05, 0.1) is 24.3 Å². The summed E-state index contributed by atoms with van der Waals surface area (Å²) in [6, 6.07) is 8.64.